The fourth-order valence-corrected chi connectivity index (χ4v) is 7.77. The lowest BCUT2D eigenvalue weighted by molar-refractivity contribution is -0.206. The number of carbonyl (C=O) groups excluding carboxylic acids is 4. The van der Waals surface area contributed by atoms with E-state index < -0.39 is 63.9 Å². The van der Waals surface area contributed by atoms with Crippen molar-refractivity contribution in [3.63, 3.8) is 0 Å². The Morgan fingerprint density at radius 3 is 2.41 bits per heavy atom. The van der Waals surface area contributed by atoms with Crippen LogP contribution in [0.2, 0.25) is 0 Å². The molecule has 3 fully saturated rings. The van der Waals surface area contributed by atoms with E-state index in [9.17, 15) is 24.3 Å². The number of hydrogen-bond acceptors (Lipinski definition) is 9. The average Bonchev–Trinajstić information content (AvgIpc) is 2.95. The molecule has 0 saturated heterocycles. The van der Waals surface area contributed by atoms with E-state index in [4.69, 9.17) is 20.9 Å². The quantitative estimate of drug-likeness (QED) is 0.502. The monoisotopic (exact) mass is 474 g/mol. The fraction of sp³-hybridized carbons (Fsp3) is 0.680. The standard InChI is InChI=1S/C25H34N2O7/c1-14(28)33-13-19(32)24(34-15(2)29)9-10-25(27)22(24,4)12-18(31)20-21(3)7-6-17(30)11-16(21)5-8-23(20,25)26/h6-7,11,18,20,31H,5,8-10,12-13,26-27H2,1-4H3/t18-,20+,21-,22+,23-,24-,25-/m0/s1. The number of fused-ring (bicyclic) bond motifs is 5. The molecule has 4 aliphatic carbocycles. The third-order valence-electron chi connectivity index (χ3n) is 9.37. The Kier molecular flexibility index (Phi) is 5.51. The molecule has 34 heavy (non-hydrogen) atoms. The van der Waals surface area contributed by atoms with E-state index in [1.807, 2.05) is 13.0 Å². The number of aliphatic hydroxyl groups is 1. The molecule has 0 amide bonds. The van der Waals surface area contributed by atoms with Crippen LogP contribution in [-0.4, -0.2) is 58.0 Å². The van der Waals surface area contributed by atoms with Crippen LogP contribution >= 0.6 is 0 Å². The third-order valence-corrected chi connectivity index (χ3v) is 9.37. The Bertz CT molecular complexity index is 1040. The van der Waals surface area contributed by atoms with Crippen LogP contribution in [0.4, 0.5) is 0 Å². The molecule has 0 radical (unpaired) electrons. The van der Waals surface area contributed by atoms with Gasteiger partial charge in [-0.2, -0.15) is 0 Å². The van der Waals surface area contributed by atoms with E-state index in [-0.39, 0.29) is 25.0 Å². The molecule has 9 heteroatoms. The van der Waals surface area contributed by atoms with Gasteiger partial charge in [0.1, 0.15) is 0 Å². The molecule has 4 rings (SSSR count). The van der Waals surface area contributed by atoms with Gasteiger partial charge in [-0.05, 0) is 44.3 Å². The van der Waals surface area contributed by atoms with Crippen LogP contribution in [-0.2, 0) is 28.7 Å². The average molecular weight is 475 g/mol. The first-order chi connectivity index (χ1) is 15.7. The van der Waals surface area contributed by atoms with Crippen molar-refractivity contribution in [2.45, 2.75) is 82.6 Å². The largest absolute Gasteiger partial charge is 0.458 e. The summed E-state index contributed by atoms with van der Waals surface area (Å²) in [6, 6.07) is 0. The molecule has 0 unspecified atom stereocenters. The number of Topliss-reactive ketones (excluding diaryl/α,β-unsaturated/α-hetero) is 1. The Hall–Kier alpha value is -2.36. The maximum Gasteiger partial charge on any atom is 0.303 e. The van der Waals surface area contributed by atoms with Crippen molar-refractivity contribution in [1.82, 2.24) is 0 Å². The van der Waals surface area contributed by atoms with Crippen molar-refractivity contribution in [2.75, 3.05) is 6.61 Å². The van der Waals surface area contributed by atoms with Crippen LogP contribution in [0.3, 0.4) is 0 Å². The summed E-state index contributed by atoms with van der Waals surface area (Å²) in [6.07, 6.45) is 5.28. The molecule has 0 bridgehead atoms. The summed E-state index contributed by atoms with van der Waals surface area (Å²) in [4.78, 5) is 49.2. The van der Waals surface area contributed by atoms with Gasteiger partial charge >= 0.3 is 11.9 Å². The number of nitrogens with two attached hydrogens (primary N) is 2. The minimum Gasteiger partial charge on any atom is -0.458 e. The number of ether oxygens (including phenoxy) is 2. The summed E-state index contributed by atoms with van der Waals surface area (Å²) in [5, 5.41) is 11.6. The third kappa shape index (κ3) is 2.96. The van der Waals surface area contributed by atoms with Gasteiger partial charge in [-0.3, -0.25) is 19.2 Å². The van der Waals surface area contributed by atoms with Crippen molar-refractivity contribution in [2.24, 2.45) is 28.2 Å². The zero-order valence-electron chi connectivity index (χ0n) is 20.2. The van der Waals surface area contributed by atoms with Gasteiger partial charge in [0, 0.05) is 41.7 Å². The Morgan fingerprint density at radius 2 is 1.79 bits per heavy atom. The van der Waals surface area contributed by atoms with E-state index in [0.717, 1.165) is 5.57 Å². The molecule has 4 aliphatic rings. The second-order valence-electron chi connectivity index (χ2n) is 10.9. The van der Waals surface area contributed by atoms with Crippen molar-refractivity contribution < 1.29 is 33.8 Å². The smallest absolute Gasteiger partial charge is 0.303 e. The van der Waals surface area contributed by atoms with Crippen molar-refractivity contribution >= 4 is 23.5 Å². The van der Waals surface area contributed by atoms with E-state index in [0.29, 0.717) is 12.8 Å². The highest BCUT2D eigenvalue weighted by atomic mass is 16.6. The lowest BCUT2D eigenvalue weighted by Gasteiger charge is -2.68. The topological polar surface area (TPSA) is 159 Å². The molecule has 186 valence electrons. The maximum absolute atomic E-state index is 13.5. The van der Waals surface area contributed by atoms with Crippen molar-refractivity contribution in [3.8, 4) is 0 Å². The van der Waals surface area contributed by atoms with Gasteiger partial charge in [0.05, 0.1) is 6.10 Å². The summed E-state index contributed by atoms with van der Waals surface area (Å²) < 4.78 is 10.7. The highest BCUT2D eigenvalue weighted by molar-refractivity contribution is 6.01. The second-order valence-corrected chi connectivity index (χ2v) is 10.9. The van der Waals surface area contributed by atoms with Gasteiger partial charge in [-0.25, -0.2) is 0 Å². The Morgan fingerprint density at radius 1 is 1.12 bits per heavy atom. The second kappa shape index (κ2) is 7.57. The van der Waals surface area contributed by atoms with Gasteiger partial charge in [-0.15, -0.1) is 0 Å². The zero-order chi connectivity index (χ0) is 25.3. The summed E-state index contributed by atoms with van der Waals surface area (Å²) >= 11 is 0. The van der Waals surface area contributed by atoms with Crippen LogP contribution in [0, 0.1) is 16.7 Å². The number of ketones is 2. The number of allylic oxidation sites excluding steroid dienone is 4. The Balaban J connectivity index is 1.84. The van der Waals surface area contributed by atoms with E-state index in [2.05, 4.69) is 0 Å². The first-order valence-corrected chi connectivity index (χ1v) is 11.7. The summed E-state index contributed by atoms with van der Waals surface area (Å²) in [6.45, 7) is 5.54. The SMILES string of the molecule is CC(=O)OCC(=O)[C@@]1(OC(C)=O)CC[C@]2(N)[C@]1(C)C[C@H](O)[C@@H]1[C@@]3(C)C=CC(=O)C=C3CC[C@]12N. The minimum atomic E-state index is -1.70. The number of hydrogen-bond donors (Lipinski definition) is 3. The van der Waals surface area contributed by atoms with Crippen LogP contribution in [0.25, 0.3) is 0 Å². The van der Waals surface area contributed by atoms with Gasteiger partial charge in [-0.1, -0.05) is 25.5 Å². The molecule has 0 aromatic heterocycles. The van der Waals surface area contributed by atoms with Gasteiger partial charge in [0.15, 0.2) is 18.0 Å². The van der Waals surface area contributed by atoms with Gasteiger partial charge in [0.25, 0.3) is 0 Å². The van der Waals surface area contributed by atoms with Crippen molar-refractivity contribution in [3.05, 3.63) is 23.8 Å². The molecule has 3 saturated carbocycles. The fourth-order valence-electron chi connectivity index (χ4n) is 7.77. The predicted octanol–water partition coefficient (Wildman–Crippen LogP) is 0.862. The van der Waals surface area contributed by atoms with Gasteiger partial charge < -0.3 is 26.0 Å². The van der Waals surface area contributed by atoms with E-state index >= 15 is 0 Å². The van der Waals surface area contributed by atoms with Crippen LogP contribution < -0.4 is 11.5 Å². The van der Waals surface area contributed by atoms with E-state index in [1.165, 1.54) is 19.9 Å². The molecule has 0 aliphatic heterocycles. The summed E-state index contributed by atoms with van der Waals surface area (Å²) in [7, 11) is 0. The van der Waals surface area contributed by atoms with Crippen LogP contribution in [0.1, 0.15) is 59.8 Å². The number of rotatable bonds is 4. The van der Waals surface area contributed by atoms with Crippen LogP contribution in [0.5, 0.6) is 0 Å². The summed E-state index contributed by atoms with van der Waals surface area (Å²) in [5.41, 5.74) is 9.40. The van der Waals surface area contributed by atoms with Crippen LogP contribution in [0.15, 0.2) is 23.8 Å². The van der Waals surface area contributed by atoms with E-state index in [1.54, 1.807) is 13.0 Å². The highest BCUT2D eigenvalue weighted by Crippen LogP contribution is 2.69. The minimum absolute atomic E-state index is 0.0524. The normalized spacial score (nSPS) is 44.9. The van der Waals surface area contributed by atoms with Crippen molar-refractivity contribution in [1.29, 1.82) is 0 Å². The Labute approximate surface area is 198 Å². The molecule has 0 aromatic carbocycles. The first-order valence-electron chi connectivity index (χ1n) is 11.7. The zero-order valence-corrected chi connectivity index (χ0v) is 20.2. The van der Waals surface area contributed by atoms with Gasteiger partial charge in [0.2, 0.25) is 5.78 Å². The lowest BCUT2D eigenvalue weighted by atomic mass is 9.40. The highest BCUT2D eigenvalue weighted by Gasteiger charge is 2.79. The molecule has 9 nitrogen and oxygen atoms in total. The lowest BCUT2D eigenvalue weighted by Crippen LogP contribution is -2.83. The predicted molar refractivity (Wildman–Crippen MR) is 121 cm³/mol. The first kappa shape index (κ1) is 24.8. The molecule has 0 spiro atoms. The maximum atomic E-state index is 13.5. The number of aliphatic hydroxyl groups excluding tert-OH is 1. The molecule has 0 heterocycles. The molecule has 0 aromatic rings. The number of carbonyl (C=O) groups is 4. The molecular weight excluding hydrogens is 440 g/mol. The molecular formula is C25H34N2O7. The number of esters is 2. The summed E-state index contributed by atoms with van der Waals surface area (Å²) in [5.74, 6) is -2.49. The molecule has 7 atom stereocenters. The molecule has 5 N–H and O–H groups in total.